The second-order valence-corrected chi connectivity index (χ2v) is 4.64. The molecule has 1 rings (SSSR count). The Morgan fingerprint density at radius 2 is 2.11 bits per heavy atom. The number of amides is 1. The van der Waals surface area contributed by atoms with Crippen LogP contribution >= 0.6 is 0 Å². The fraction of sp³-hybridized carbons (Fsp3) is 0.533. The first-order valence-corrected chi connectivity index (χ1v) is 6.84. The van der Waals surface area contributed by atoms with Gasteiger partial charge in [-0.15, -0.1) is 0 Å². The SMILES string of the molecule is CCCC(CCN)CNC(=O)c1ccccc1OC. The Morgan fingerprint density at radius 1 is 1.37 bits per heavy atom. The predicted octanol–water partition coefficient (Wildman–Crippen LogP) is 2.19. The first-order chi connectivity index (χ1) is 9.22. The number of benzene rings is 1. The summed E-state index contributed by atoms with van der Waals surface area (Å²) in [5.74, 6) is 0.968. The summed E-state index contributed by atoms with van der Waals surface area (Å²) >= 11 is 0. The smallest absolute Gasteiger partial charge is 0.255 e. The molecule has 1 aromatic carbocycles. The van der Waals surface area contributed by atoms with Crippen LogP contribution in [0.4, 0.5) is 0 Å². The van der Waals surface area contributed by atoms with E-state index < -0.39 is 0 Å². The fourth-order valence-corrected chi connectivity index (χ4v) is 2.16. The van der Waals surface area contributed by atoms with Crippen molar-refractivity contribution in [1.29, 1.82) is 0 Å². The maximum Gasteiger partial charge on any atom is 0.255 e. The normalized spacial score (nSPS) is 11.9. The summed E-state index contributed by atoms with van der Waals surface area (Å²) in [6.07, 6.45) is 3.14. The maximum atomic E-state index is 12.1. The number of methoxy groups -OCH3 is 1. The number of carbonyl (C=O) groups is 1. The molecular formula is C15H24N2O2. The average Bonchev–Trinajstić information content (AvgIpc) is 2.44. The molecule has 1 unspecified atom stereocenters. The van der Waals surface area contributed by atoms with Crippen LogP contribution in [0.3, 0.4) is 0 Å². The van der Waals surface area contributed by atoms with E-state index in [0.29, 0.717) is 30.3 Å². The van der Waals surface area contributed by atoms with E-state index in [0.717, 1.165) is 19.3 Å². The van der Waals surface area contributed by atoms with E-state index in [1.54, 1.807) is 19.2 Å². The van der Waals surface area contributed by atoms with Crippen molar-refractivity contribution in [2.24, 2.45) is 11.7 Å². The quantitative estimate of drug-likeness (QED) is 0.756. The average molecular weight is 264 g/mol. The van der Waals surface area contributed by atoms with E-state index in [2.05, 4.69) is 12.2 Å². The number of nitrogens with two attached hydrogens (primary N) is 1. The molecule has 0 aliphatic rings. The van der Waals surface area contributed by atoms with Crippen molar-refractivity contribution < 1.29 is 9.53 Å². The minimum atomic E-state index is -0.0874. The molecule has 0 radical (unpaired) electrons. The number of carbonyl (C=O) groups excluding carboxylic acids is 1. The van der Waals surface area contributed by atoms with Gasteiger partial charge in [0.15, 0.2) is 0 Å². The molecule has 0 aliphatic heterocycles. The number of hydrogen-bond acceptors (Lipinski definition) is 3. The molecule has 0 bridgehead atoms. The third-order valence-corrected chi connectivity index (χ3v) is 3.17. The van der Waals surface area contributed by atoms with Crippen LogP contribution in [0.25, 0.3) is 0 Å². The van der Waals surface area contributed by atoms with Gasteiger partial charge in [0.2, 0.25) is 0 Å². The Bertz CT molecular complexity index is 387. The van der Waals surface area contributed by atoms with Crippen LogP contribution < -0.4 is 15.8 Å². The van der Waals surface area contributed by atoms with Gasteiger partial charge in [0.25, 0.3) is 5.91 Å². The zero-order valence-electron chi connectivity index (χ0n) is 11.8. The highest BCUT2D eigenvalue weighted by Crippen LogP contribution is 2.17. The van der Waals surface area contributed by atoms with E-state index >= 15 is 0 Å². The van der Waals surface area contributed by atoms with Gasteiger partial charge in [-0.2, -0.15) is 0 Å². The lowest BCUT2D eigenvalue weighted by Crippen LogP contribution is -2.30. The Hall–Kier alpha value is -1.55. The maximum absolute atomic E-state index is 12.1. The fourth-order valence-electron chi connectivity index (χ4n) is 2.16. The Kier molecular flexibility index (Phi) is 6.97. The van der Waals surface area contributed by atoms with Gasteiger partial charge in [0.05, 0.1) is 12.7 Å². The zero-order chi connectivity index (χ0) is 14.1. The van der Waals surface area contributed by atoms with Gasteiger partial charge in [0.1, 0.15) is 5.75 Å². The van der Waals surface area contributed by atoms with Gasteiger partial charge in [-0.1, -0.05) is 25.5 Å². The third-order valence-electron chi connectivity index (χ3n) is 3.17. The molecule has 4 heteroatoms. The molecule has 1 atom stereocenters. The Morgan fingerprint density at radius 3 is 2.74 bits per heavy atom. The molecule has 3 N–H and O–H groups in total. The minimum Gasteiger partial charge on any atom is -0.496 e. The van der Waals surface area contributed by atoms with Crippen molar-refractivity contribution in [3.05, 3.63) is 29.8 Å². The lowest BCUT2D eigenvalue weighted by molar-refractivity contribution is 0.0942. The number of ether oxygens (including phenoxy) is 1. The summed E-state index contributed by atoms with van der Waals surface area (Å²) in [5.41, 5.74) is 6.17. The molecule has 19 heavy (non-hydrogen) atoms. The summed E-state index contributed by atoms with van der Waals surface area (Å²) < 4.78 is 5.19. The van der Waals surface area contributed by atoms with Crippen LogP contribution in [-0.4, -0.2) is 26.1 Å². The van der Waals surface area contributed by atoms with E-state index in [4.69, 9.17) is 10.5 Å². The summed E-state index contributed by atoms with van der Waals surface area (Å²) in [4.78, 5) is 12.1. The second-order valence-electron chi connectivity index (χ2n) is 4.64. The topological polar surface area (TPSA) is 64.3 Å². The summed E-state index contributed by atoms with van der Waals surface area (Å²) in [6.45, 7) is 3.47. The van der Waals surface area contributed by atoms with E-state index in [1.807, 2.05) is 12.1 Å². The van der Waals surface area contributed by atoms with Crippen molar-refractivity contribution >= 4 is 5.91 Å². The molecule has 0 heterocycles. The number of rotatable bonds is 8. The van der Waals surface area contributed by atoms with Crippen molar-refractivity contribution in [1.82, 2.24) is 5.32 Å². The van der Waals surface area contributed by atoms with Crippen LogP contribution in [0.15, 0.2) is 24.3 Å². The monoisotopic (exact) mass is 264 g/mol. The molecule has 0 saturated heterocycles. The van der Waals surface area contributed by atoms with Crippen LogP contribution in [0.1, 0.15) is 36.5 Å². The lowest BCUT2D eigenvalue weighted by Gasteiger charge is -2.16. The Balaban J connectivity index is 2.58. The van der Waals surface area contributed by atoms with Gasteiger partial charge in [-0.05, 0) is 37.4 Å². The number of hydrogen-bond donors (Lipinski definition) is 2. The second kappa shape index (κ2) is 8.53. The highest BCUT2D eigenvalue weighted by molar-refractivity contribution is 5.96. The van der Waals surface area contributed by atoms with Crippen LogP contribution in [0, 0.1) is 5.92 Å². The molecule has 4 nitrogen and oxygen atoms in total. The molecule has 0 fully saturated rings. The zero-order valence-corrected chi connectivity index (χ0v) is 11.8. The summed E-state index contributed by atoms with van der Waals surface area (Å²) in [6, 6.07) is 7.25. The molecule has 1 amide bonds. The first kappa shape index (κ1) is 15.5. The summed E-state index contributed by atoms with van der Waals surface area (Å²) in [5, 5.41) is 2.97. The number of nitrogens with one attached hydrogen (secondary N) is 1. The van der Waals surface area contributed by atoms with Crippen molar-refractivity contribution in [3.63, 3.8) is 0 Å². The highest BCUT2D eigenvalue weighted by Gasteiger charge is 2.13. The molecular weight excluding hydrogens is 240 g/mol. The first-order valence-electron chi connectivity index (χ1n) is 6.84. The van der Waals surface area contributed by atoms with Crippen LogP contribution in [0.5, 0.6) is 5.75 Å². The van der Waals surface area contributed by atoms with Gasteiger partial charge < -0.3 is 15.8 Å². The van der Waals surface area contributed by atoms with E-state index in [1.165, 1.54) is 0 Å². The third kappa shape index (κ3) is 4.91. The van der Waals surface area contributed by atoms with E-state index in [9.17, 15) is 4.79 Å². The predicted molar refractivity (Wildman–Crippen MR) is 77.4 cm³/mol. The molecule has 106 valence electrons. The largest absolute Gasteiger partial charge is 0.496 e. The van der Waals surface area contributed by atoms with Gasteiger partial charge in [0, 0.05) is 6.54 Å². The molecule has 1 aromatic rings. The van der Waals surface area contributed by atoms with Gasteiger partial charge >= 0.3 is 0 Å². The molecule has 0 saturated carbocycles. The highest BCUT2D eigenvalue weighted by atomic mass is 16.5. The van der Waals surface area contributed by atoms with Crippen molar-refractivity contribution in [2.45, 2.75) is 26.2 Å². The standard InChI is InChI=1S/C15H24N2O2/c1-3-6-12(9-10-16)11-17-15(18)13-7-4-5-8-14(13)19-2/h4-5,7-8,12H,3,6,9-11,16H2,1-2H3,(H,17,18). The minimum absolute atomic E-state index is 0.0874. The van der Waals surface area contributed by atoms with Gasteiger partial charge in [-0.25, -0.2) is 0 Å². The van der Waals surface area contributed by atoms with Crippen LogP contribution in [0.2, 0.25) is 0 Å². The number of para-hydroxylation sites is 1. The van der Waals surface area contributed by atoms with Crippen LogP contribution in [-0.2, 0) is 0 Å². The van der Waals surface area contributed by atoms with Gasteiger partial charge in [-0.3, -0.25) is 4.79 Å². The molecule has 0 spiro atoms. The molecule has 0 aliphatic carbocycles. The Labute approximate surface area is 115 Å². The van der Waals surface area contributed by atoms with E-state index in [-0.39, 0.29) is 5.91 Å². The van der Waals surface area contributed by atoms with Crippen molar-refractivity contribution in [2.75, 3.05) is 20.2 Å². The van der Waals surface area contributed by atoms with Crippen molar-refractivity contribution in [3.8, 4) is 5.75 Å². The summed E-state index contributed by atoms with van der Waals surface area (Å²) in [7, 11) is 1.57. The molecule has 0 aromatic heterocycles. The lowest BCUT2D eigenvalue weighted by atomic mass is 9.99.